The molecule has 1 aliphatic heterocycles. The molecule has 0 aliphatic carbocycles. The van der Waals surface area contributed by atoms with Gasteiger partial charge < -0.3 is 14.8 Å². The van der Waals surface area contributed by atoms with Gasteiger partial charge in [0.1, 0.15) is 13.2 Å². The Morgan fingerprint density at radius 2 is 1.88 bits per heavy atom. The van der Waals surface area contributed by atoms with Crippen molar-refractivity contribution in [2.24, 2.45) is 0 Å². The quantitative estimate of drug-likeness (QED) is 0.769. The second kappa shape index (κ2) is 7.31. The normalized spacial score (nSPS) is 13.8. The second-order valence-corrected chi connectivity index (χ2v) is 6.02. The molecule has 0 spiro atoms. The van der Waals surface area contributed by atoms with E-state index in [-0.39, 0.29) is 11.9 Å². The van der Waals surface area contributed by atoms with Gasteiger partial charge in [-0.3, -0.25) is 9.48 Å². The number of hydrogen-bond acceptors (Lipinski definition) is 4. The van der Waals surface area contributed by atoms with E-state index >= 15 is 0 Å². The first-order valence-electron chi connectivity index (χ1n) is 8.52. The Bertz CT molecular complexity index is 879. The van der Waals surface area contributed by atoms with Crippen LogP contribution in [0.15, 0.2) is 67.0 Å². The molecule has 4 rings (SSSR count). The smallest absolute Gasteiger partial charge is 0.251 e. The van der Waals surface area contributed by atoms with Crippen molar-refractivity contribution >= 4 is 5.91 Å². The second-order valence-electron chi connectivity index (χ2n) is 6.02. The summed E-state index contributed by atoms with van der Waals surface area (Å²) in [5, 5.41) is 7.35. The lowest BCUT2D eigenvalue weighted by atomic mass is 10.1. The van der Waals surface area contributed by atoms with Crippen LogP contribution in [0.5, 0.6) is 11.5 Å². The molecule has 26 heavy (non-hydrogen) atoms. The zero-order valence-electron chi connectivity index (χ0n) is 14.2. The minimum Gasteiger partial charge on any atom is -0.486 e. The van der Waals surface area contributed by atoms with Crippen molar-refractivity contribution in [1.29, 1.82) is 0 Å². The maximum atomic E-state index is 12.8. The standard InChI is InChI=1S/C20H19N3O3/c24-20(16-7-8-18-19(13-16)26-12-11-25-18)22-17(14-23-10-4-9-21-23)15-5-2-1-3-6-15/h1-10,13,17H,11-12,14H2,(H,22,24)/t17-/m1/s1. The zero-order valence-corrected chi connectivity index (χ0v) is 14.2. The summed E-state index contributed by atoms with van der Waals surface area (Å²) < 4.78 is 12.9. The molecule has 0 saturated heterocycles. The number of carbonyl (C=O) groups is 1. The Labute approximate surface area is 151 Å². The van der Waals surface area contributed by atoms with E-state index in [0.29, 0.717) is 36.8 Å². The van der Waals surface area contributed by atoms with Crippen molar-refractivity contribution in [3.63, 3.8) is 0 Å². The highest BCUT2D eigenvalue weighted by Crippen LogP contribution is 2.31. The van der Waals surface area contributed by atoms with Crippen LogP contribution in [0.2, 0.25) is 0 Å². The zero-order chi connectivity index (χ0) is 17.8. The van der Waals surface area contributed by atoms with Crippen LogP contribution in [0.4, 0.5) is 0 Å². The Kier molecular flexibility index (Phi) is 4.55. The first kappa shape index (κ1) is 16.2. The molecule has 0 unspecified atom stereocenters. The molecule has 3 aromatic rings. The van der Waals surface area contributed by atoms with E-state index in [1.54, 1.807) is 24.4 Å². The van der Waals surface area contributed by atoms with E-state index in [1.165, 1.54) is 0 Å². The highest BCUT2D eigenvalue weighted by molar-refractivity contribution is 5.95. The summed E-state index contributed by atoms with van der Waals surface area (Å²) in [6, 6.07) is 16.8. The molecule has 1 aromatic heterocycles. The number of rotatable bonds is 5. The summed E-state index contributed by atoms with van der Waals surface area (Å²) in [6.45, 7) is 1.57. The minimum absolute atomic E-state index is 0.164. The van der Waals surface area contributed by atoms with Crippen LogP contribution < -0.4 is 14.8 Å². The van der Waals surface area contributed by atoms with Gasteiger partial charge >= 0.3 is 0 Å². The van der Waals surface area contributed by atoms with Gasteiger partial charge in [-0.1, -0.05) is 30.3 Å². The SMILES string of the molecule is O=C(N[C@H](Cn1cccn1)c1ccccc1)c1ccc2c(c1)OCCO2. The average Bonchev–Trinajstić information content (AvgIpc) is 3.21. The van der Waals surface area contributed by atoms with Crippen molar-refractivity contribution < 1.29 is 14.3 Å². The predicted octanol–water partition coefficient (Wildman–Crippen LogP) is 2.83. The number of aromatic nitrogens is 2. The van der Waals surface area contributed by atoms with Crippen molar-refractivity contribution in [2.45, 2.75) is 12.6 Å². The van der Waals surface area contributed by atoms with Crippen LogP contribution in [0.3, 0.4) is 0 Å². The molecule has 6 nitrogen and oxygen atoms in total. The molecule has 0 bridgehead atoms. The lowest BCUT2D eigenvalue weighted by Crippen LogP contribution is -2.31. The molecule has 0 radical (unpaired) electrons. The van der Waals surface area contributed by atoms with Crippen LogP contribution in [0.25, 0.3) is 0 Å². The molecule has 1 N–H and O–H groups in total. The van der Waals surface area contributed by atoms with Gasteiger partial charge in [0.25, 0.3) is 5.91 Å². The number of nitrogens with one attached hydrogen (secondary N) is 1. The summed E-state index contributed by atoms with van der Waals surface area (Å²) in [6.07, 6.45) is 3.61. The van der Waals surface area contributed by atoms with Gasteiger partial charge in [0, 0.05) is 18.0 Å². The van der Waals surface area contributed by atoms with Crippen molar-refractivity contribution in [3.8, 4) is 11.5 Å². The molecule has 1 aliphatic rings. The maximum absolute atomic E-state index is 12.8. The van der Waals surface area contributed by atoms with E-state index in [9.17, 15) is 4.79 Å². The fraction of sp³-hybridized carbons (Fsp3) is 0.200. The predicted molar refractivity (Wildman–Crippen MR) is 96.3 cm³/mol. The van der Waals surface area contributed by atoms with Crippen molar-refractivity contribution in [3.05, 3.63) is 78.1 Å². The fourth-order valence-electron chi connectivity index (χ4n) is 2.94. The summed E-state index contributed by atoms with van der Waals surface area (Å²) in [5.74, 6) is 1.11. The Morgan fingerprint density at radius 1 is 1.08 bits per heavy atom. The average molecular weight is 349 g/mol. The van der Waals surface area contributed by atoms with E-state index in [1.807, 2.05) is 47.3 Å². The number of carbonyl (C=O) groups excluding carboxylic acids is 1. The minimum atomic E-state index is -0.197. The van der Waals surface area contributed by atoms with Gasteiger partial charge in [-0.2, -0.15) is 5.10 Å². The van der Waals surface area contributed by atoms with Gasteiger partial charge in [-0.25, -0.2) is 0 Å². The molecule has 1 amide bonds. The monoisotopic (exact) mass is 349 g/mol. The van der Waals surface area contributed by atoms with Gasteiger partial charge in [0.05, 0.1) is 12.6 Å². The van der Waals surface area contributed by atoms with Crippen LogP contribution in [-0.4, -0.2) is 28.9 Å². The molecule has 0 fully saturated rings. The van der Waals surface area contributed by atoms with Crippen molar-refractivity contribution in [1.82, 2.24) is 15.1 Å². The number of amides is 1. The molecule has 6 heteroatoms. The molecule has 0 saturated carbocycles. The third-order valence-electron chi connectivity index (χ3n) is 4.24. The van der Waals surface area contributed by atoms with E-state index in [2.05, 4.69) is 10.4 Å². The third-order valence-corrected chi connectivity index (χ3v) is 4.24. The van der Waals surface area contributed by atoms with Crippen molar-refractivity contribution in [2.75, 3.05) is 13.2 Å². The Balaban J connectivity index is 1.56. The highest BCUT2D eigenvalue weighted by Gasteiger charge is 2.19. The largest absolute Gasteiger partial charge is 0.486 e. The summed E-state index contributed by atoms with van der Waals surface area (Å²) in [5.41, 5.74) is 1.56. The van der Waals surface area contributed by atoms with Crippen LogP contribution in [0, 0.1) is 0 Å². The number of benzene rings is 2. The van der Waals surface area contributed by atoms with Crippen LogP contribution in [-0.2, 0) is 6.54 Å². The van der Waals surface area contributed by atoms with Gasteiger partial charge in [-0.05, 0) is 29.8 Å². The highest BCUT2D eigenvalue weighted by atomic mass is 16.6. The molecule has 2 aromatic carbocycles. The van der Waals surface area contributed by atoms with Crippen LogP contribution in [0.1, 0.15) is 22.0 Å². The van der Waals surface area contributed by atoms with Gasteiger partial charge in [0.2, 0.25) is 0 Å². The van der Waals surface area contributed by atoms with Gasteiger partial charge in [0.15, 0.2) is 11.5 Å². The molecule has 132 valence electrons. The number of nitrogens with zero attached hydrogens (tertiary/aromatic N) is 2. The number of hydrogen-bond donors (Lipinski definition) is 1. The van der Waals surface area contributed by atoms with Crippen LogP contribution >= 0.6 is 0 Å². The number of ether oxygens (including phenoxy) is 2. The fourth-order valence-corrected chi connectivity index (χ4v) is 2.94. The summed E-state index contributed by atoms with van der Waals surface area (Å²) >= 11 is 0. The lowest BCUT2D eigenvalue weighted by molar-refractivity contribution is 0.0930. The van der Waals surface area contributed by atoms with E-state index < -0.39 is 0 Å². The Morgan fingerprint density at radius 3 is 2.65 bits per heavy atom. The topological polar surface area (TPSA) is 65.4 Å². The number of fused-ring (bicyclic) bond motifs is 1. The molecular weight excluding hydrogens is 330 g/mol. The summed E-state index contributed by atoms with van der Waals surface area (Å²) in [7, 11) is 0. The van der Waals surface area contributed by atoms with E-state index in [0.717, 1.165) is 5.56 Å². The summed E-state index contributed by atoms with van der Waals surface area (Å²) in [4.78, 5) is 12.8. The van der Waals surface area contributed by atoms with Gasteiger partial charge in [-0.15, -0.1) is 0 Å². The Hall–Kier alpha value is -3.28. The first-order chi connectivity index (χ1) is 12.8. The molecule has 1 atom stereocenters. The first-order valence-corrected chi connectivity index (χ1v) is 8.52. The lowest BCUT2D eigenvalue weighted by Gasteiger charge is -2.21. The molecular formula is C20H19N3O3. The third kappa shape index (κ3) is 3.54. The van der Waals surface area contributed by atoms with E-state index in [4.69, 9.17) is 9.47 Å². The molecule has 2 heterocycles. The maximum Gasteiger partial charge on any atom is 0.251 e.